The molecule has 4 heteroatoms. The number of phenolic OH excluding ortho intramolecular Hbond substituents is 1. The van der Waals surface area contributed by atoms with Crippen LogP contribution in [0.2, 0.25) is 0 Å². The molecule has 0 aliphatic rings. The van der Waals surface area contributed by atoms with Crippen LogP contribution in [-0.2, 0) is 0 Å². The van der Waals surface area contributed by atoms with Crippen LogP contribution in [0.1, 0.15) is 0 Å². The first-order valence-electron chi connectivity index (χ1n) is 6.09. The maximum absolute atomic E-state index is 12.0. The van der Waals surface area contributed by atoms with Crippen molar-refractivity contribution in [3.05, 3.63) is 59.0 Å². The summed E-state index contributed by atoms with van der Waals surface area (Å²) in [6, 6.07) is 13.5. The van der Waals surface area contributed by atoms with E-state index in [9.17, 15) is 9.90 Å². The summed E-state index contributed by atoms with van der Waals surface area (Å²) in [6.45, 7) is 0. The van der Waals surface area contributed by atoms with Gasteiger partial charge in [0.1, 0.15) is 17.3 Å². The van der Waals surface area contributed by atoms with E-state index in [4.69, 9.17) is 9.15 Å². The maximum Gasteiger partial charge on any atom is 0.344 e. The Bertz CT molecular complexity index is 816. The number of aromatic hydroxyl groups is 1. The number of fused-ring (bicyclic) bond motifs is 1. The second-order valence-corrected chi connectivity index (χ2v) is 4.40. The fourth-order valence-electron chi connectivity index (χ4n) is 2.07. The molecule has 1 heterocycles. The lowest BCUT2D eigenvalue weighted by atomic mass is 10.1. The summed E-state index contributed by atoms with van der Waals surface area (Å²) in [5.41, 5.74) is 0.331. The Balaban J connectivity index is 2.22. The van der Waals surface area contributed by atoms with Gasteiger partial charge < -0.3 is 14.3 Å². The van der Waals surface area contributed by atoms with Gasteiger partial charge in [0.25, 0.3) is 0 Å². The molecule has 0 bridgehead atoms. The van der Waals surface area contributed by atoms with Crippen molar-refractivity contribution in [2.45, 2.75) is 0 Å². The Morgan fingerprint density at radius 3 is 2.50 bits per heavy atom. The summed E-state index contributed by atoms with van der Waals surface area (Å²) in [6.07, 6.45) is 0. The van der Waals surface area contributed by atoms with Crippen molar-refractivity contribution in [3.63, 3.8) is 0 Å². The van der Waals surface area contributed by atoms with Gasteiger partial charge in [-0.1, -0.05) is 0 Å². The second kappa shape index (κ2) is 4.74. The van der Waals surface area contributed by atoms with Crippen LogP contribution in [-0.4, -0.2) is 12.2 Å². The zero-order chi connectivity index (χ0) is 14.1. The average Bonchev–Trinajstić information content (AvgIpc) is 2.47. The molecular weight excluding hydrogens is 256 g/mol. The van der Waals surface area contributed by atoms with E-state index in [1.807, 2.05) is 0 Å². The number of methoxy groups -OCH3 is 1. The van der Waals surface area contributed by atoms with E-state index in [2.05, 4.69) is 0 Å². The van der Waals surface area contributed by atoms with E-state index in [-0.39, 0.29) is 5.75 Å². The van der Waals surface area contributed by atoms with Crippen LogP contribution in [0.4, 0.5) is 0 Å². The second-order valence-electron chi connectivity index (χ2n) is 4.40. The van der Waals surface area contributed by atoms with Gasteiger partial charge in [0.05, 0.1) is 12.5 Å². The Kier molecular flexibility index (Phi) is 2.91. The summed E-state index contributed by atoms with van der Waals surface area (Å²) in [5, 5.41) is 10.6. The van der Waals surface area contributed by atoms with Gasteiger partial charge in [-0.2, -0.15) is 0 Å². The van der Waals surface area contributed by atoms with E-state index in [1.165, 1.54) is 0 Å². The lowest BCUT2D eigenvalue weighted by Crippen LogP contribution is -2.00. The molecule has 0 aliphatic heterocycles. The van der Waals surface area contributed by atoms with Gasteiger partial charge >= 0.3 is 5.63 Å². The predicted molar refractivity (Wildman–Crippen MR) is 76.1 cm³/mol. The van der Waals surface area contributed by atoms with Gasteiger partial charge in [-0.05, 0) is 53.9 Å². The molecule has 0 saturated carbocycles. The normalized spacial score (nSPS) is 10.7. The molecule has 3 aromatic rings. The largest absolute Gasteiger partial charge is 0.508 e. The molecule has 100 valence electrons. The van der Waals surface area contributed by atoms with Crippen LogP contribution < -0.4 is 10.4 Å². The Labute approximate surface area is 114 Å². The van der Waals surface area contributed by atoms with Crippen molar-refractivity contribution in [3.8, 4) is 22.8 Å². The van der Waals surface area contributed by atoms with Gasteiger partial charge in [-0.25, -0.2) is 4.79 Å². The molecule has 0 fully saturated rings. The molecule has 3 rings (SSSR count). The molecule has 4 nitrogen and oxygen atoms in total. The van der Waals surface area contributed by atoms with Crippen molar-refractivity contribution in [2.75, 3.05) is 7.11 Å². The van der Waals surface area contributed by atoms with Crippen LogP contribution in [0.15, 0.2) is 57.7 Å². The van der Waals surface area contributed by atoms with Crippen molar-refractivity contribution in [1.82, 2.24) is 0 Å². The highest BCUT2D eigenvalue weighted by molar-refractivity contribution is 5.85. The first-order valence-corrected chi connectivity index (χ1v) is 6.09. The van der Waals surface area contributed by atoms with Gasteiger partial charge in [-0.3, -0.25) is 0 Å². The quantitative estimate of drug-likeness (QED) is 0.775. The Morgan fingerprint density at radius 2 is 1.80 bits per heavy atom. The molecule has 0 amide bonds. The van der Waals surface area contributed by atoms with Gasteiger partial charge in [0, 0.05) is 5.56 Å². The third-order valence-electron chi connectivity index (χ3n) is 3.12. The molecule has 0 aliphatic carbocycles. The minimum atomic E-state index is -0.395. The first-order chi connectivity index (χ1) is 9.67. The van der Waals surface area contributed by atoms with Crippen molar-refractivity contribution < 1.29 is 14.3 Å². The molecule has 0 unspecified atom stereocenters. The number of phenols is 1. The molecule has 0 saturated heterocycles. The van der Waals surface area contributed by atoms with Crippen LogP contribution in [0.3, 0.4) is 0 Å². The van der Waals surface area contributed by atoms with Crippen LogP contribution in [0, 0.1) is 0 Å². The van der Waals surface area contributed by atoms with Crippen LogP contribution in [0.25, 0.3) is 22.1 Å². The molecule has 1 N–H and O–H groups in total. The summed E-state index contributed by atoms with van der Waals surface area (Å²) < 4.78 is 10.5. The van der Waals surface area contributed by atoms with E-state index in [0.29, 0.717) is 16.9 Å². The Morgan fingerprint density at radius 1 is 1.05 bits per heavy atom. The number of hydrogen-bond donors (Lipinski definition) is 1. The van der Waals surface area contributed by atoms with E-state index >= 15 is 0 Å². The lowest BCUT2D eigenvalue weighted by Gasteiger charge is -2.04. The summed E-state index contributed by atoms with van der Waals surface area (Å²) >= 11 is 0. The standard InChI is InChI=1S/C16H12O4/c1-19-13-6-7-14-11(8-13)9-15(20-16(14)18)10-2-4-12(17)5-3-10/h2-9,17H,1H3. The minimum Gasteiger partial charge on any atom is -0.508 e. The van der Waals surface area contributed by atoms with Crippen molar-refractivity contribution in [2.24, 2.45) is 0 Å². The van der Waals surface area contributed by atoms with Crippen molar-refractivity contribution in [1.29, 1.82) is 0 Å². The number of ether oxygens (including phenoxy) is 1. The highest BCUT2D eigenvalue weighted by atomic mass is 16.5. The van der Waals surface area contributed by atoms with Crippen LogP contribution >= 0.6 is 0 Å². The minimum absolute atomic E-state index is 0.165. The van der Waals surface area contributed by atoms with Crippen LogP contribution in [0.5, 0.6) is 11.5 Å². The average molecular weight is 268 g/mol. The third-order valence-corrected chi connectivity index (χ3v) is 3.12. The molecule has 1 aromatic heterocycles. The SMILES string of the molecule is COc1ccc2c(=O)oc(-c3ccc(O)cc3)cc2c1. The van der Waals surface area contributed by atoms with Gasteiger partial charge in [0.15, 0.2) is 0 Å². The first kappa shape index (κ1) is 12.3. The van der Waals surface area contributed by atoms with E-state index in [1.54, 1.807) is 55.6 Å². The molecule has 0 spiro atoms. The highest BCUT2D eigenvalue weighted by Crippen LogP contribution is 2.25. The Hall–Kier alpha value is -2.75. The summed E-state index contributed by atoms with van der Waals surface area (Å²) in [5.74, 6) is 1.30. The maximum atomic E-state index is 12.0. The smallest absolute Gasteiger partial charge is 0.344 e. The number of hydrogen-bond acceptors (Lipinski definition) is 4. The summed E-state index contributed by atoms with van der Waals surface area (Å²) in [4.78, 5) is 12.0. The zero-order valence-electron chi connectivity index (χ0n) is 10.8. The molecular formula is C16H12O4. The fraction of sp³-hybridized carbons (Fsp3) is 0.0625. The molecule has 0 radical (unpaired) electrons. The molecule has 2 aromatic carbocycles. The van der Waals surface area contributed by atoms with Crippen molar-refractivity contribution >= 4 is 10.8 Å². The van der Waals surface area contributed by atoms with E-state index in [0.717, 1.165) is 10.9 Å². The van der Waals surface area contributed by atoms with E-state index < -0.39 is 5.63 Å². The van der Waals surface area contributed by atoms with Gasteiger partial charge in [-0.15, -0.1) is 0 Å². The number of benzene rings is 2. The predicted octanol–water partition coefficient (Wildman–Crippen LogP) is 3.17. The topological polar surface area (TPSA) is 59.7 Å². The monoisotopic (exact) mass is 268 g/mol. The summed E-state index contributed by atoms with van der Waals surface area (Å²) in [7, 11) is 1.58. The van der Waals surface area contributed by atoms with Gasteiger partial charge in [0.2, 0.25) is 0 Å². The lowest BCUT2D eigenvalue weighted by molar-refractivity contribution is 0.415. The number of rotatable bonds is 2. The zero-order valence-corrected chi connectivity index (χ0v) is 10.8. The molecule has 20 heavy (non-hydrogen) atoms. The fourth-order valence-corrected chi connectivity index (χ4v) is 2.07. The third kappa shape index (κ3) is 2.12. The highest BCUT2D eigenvalue weighted by Gasteiger charge is 2.07. The molecule has 0 atom stereocenters.